The number of ether oxygens (including phenoxy) is 1. The fourth-order valence-electron chi connectivity index (χ4n) is 1.97. The number of carbonyl (C=O) groups excluding carboxylic acids is 2. The molecule has 1 aromatic rings. The standard InChI is InChI=1S/C15H18BrNO3/c1-9-3-4-13(12(16)7-9)20-14(18)5-6-17-15(19)11-8-10(11)2/h3-4,7,10-11H,5-6,8H2,1-2H3,(H,17,19)/t10-,11-/m1/s1. The minimum atomic E-state index is -0.348. The molecule has 1 amide bonds. The molecule has 1 fully saturated rings. The predicted molar refractivity (Wildman–Crippen MR) is 79.4 cm³/mol. The first-order valence-corrected chi connectivity index (χ1v) is 7.51. The van der Waals surface area contributed by atoms with Gasteiger partial charge in [0.15, 0.2) is 0 Å². The van der Waals surface area contributed by atoms with Crippen molar-refractivity contribution in [2.24, 2.45) is 11.8 Å². The first-order chi connectivity index (χ1) is 9.47. The van der Waals surface area contributed by atoms with E-state index in [0.29, 0.717) is 18.2 Å². The van der Waals surface area contributed by atoms with Crippen LogP contribution in [0, 0.1) is 18.8 Å². The summed E-state index contributed by atoms with van der Waals surface area (Å²) in [7, 11) is 0. The maximum Gasteiger partial charge on any atom is 0.313 e. The van der Waals surface area contributed by atoms with Crippen molar-refractivity contribution in [3.63, 3.8) is 0 Å². The minimum Gasteiger partial charge on any atom is -0.425 e. The van der Waals surface area contributed by atoms with E-state index in [9.17, 15) is 9.59 Å². The van der Waals surface area contributed by atoms with Gasteiger partial charge in [0.05, 0.1) is 10.9 Å². The summed E-state index contributed by atoms with van der Waals surface area (Å²) in [5.41, 5.74) is 1.09. The van der Waals surface area contributed by atoms with Gasteiger partial charge < -0.3 is 10.1 Å². The van der Waals surface area contributed by atoms with E-state index in [1.807, 2.05) is 26.0 Å². The lowest BCUT2D eigenvalue weighted by molar-refractivity contribution is -0.134. The van der Waals surface area contributed by atoms with Crippen molar-refractivity contribution in [2.75, 3.05) is 6.54 Å². The van der Waals surface area contributed by atoms with Crippen LogP contribution in [0.5, 0.6) is 5.75 Å². The third-order valence-corrected chi connectivity index (χ3v) is 4.01. The summed E-state index contributed by atoms with van der Waals surface area (Å²) in [5, 5.41) is 2.76. The number of aryl methyl sites for hydroxylation is 1. The molecule has 4 nitrogen and oxygen atoms in total. The number of rotatable bonds is 5. The Balaban J connectivity index is 1.73. The van der Waals surface area contributed by atoms with Gasteiger partial charge >= 0.3 is 5.97 Å². The van der Waals surface area contributed by atoms with Crippen LogP contribution in [-0.2, 0) is 9.59 Å². The zero-order valence-electron chi connectivity index (χ0n) is 11.6. The Labute approximate surface area is 127 Å². The van der Waals surface area contributed by atoms with Gasteiger partial charge in [0.1, 0.15) is 5.75 Å². The van der Waals surface area contributed by atoms with E-state index < -0.39 is 0 Å². The molecule has 0 saturated heterocycles. The van der Waals surface area contributed by atoms with E-state index in [0.717, 1.165) is 16.5 Å². The van der Waals surface area contributed by atoms with Crippen molar-refractivity contribution in [2.45, 2.75) is 26.7 Å². The second-order valence-corrected chi connectivity index (χ2v) is 6.12. The van der Waals surface area contributed by atoms with Crippen molar-refractivity contribution < 1.29 is 14.3 Å². The maximum absolute atomic E-state index is 11.7. The Hall–Kier alpha value is -1.36. The van der Waals surface area contributed by atoms with Crippen molar-refractivity contribution in [1.82, 2.24) is 5.32 Å². The molecule has 108 valence electrons. The van der Waals surface area contributed by atoms with Crippen molar-refractivity contribution >= 4 is 27.8 Å². The van der Waals surface area contributed by atoms with E-state index in [4.69, 9.17) is 4.74 Å². The topological polar surface area (TPSA) is 55.4 Å². The van der Waals surface area contributed by atoms with Gasteiger partial charge in [-0.1, -0.05) is 13.0 Å². The molecule has 1 N–H and O–H groups in total. The normalized spacial score (nSPS) is 20.4. The molecule has 2 atom stereocenters. The number of esters is 1. The van der Waals surface area contributed by atoms with Gasteiger partial charge in [-0.3, -0.25) is 9.59 Å². The third kappa shape index (κ3) is 4.07. The van der Waals surface area contributed by atoms with Crippen molar-refractivity contribution in [1.29, 1.82) is 0 Å². The van der Waals surface area contributed by atoms with E-state index in [-0.39, 0.29) is 24.2 Å². The Bertz CT molecular complexity index is 530. The maximum atomic E-state index is 11.7. The third-order valence-electron chi connectivity index (χ3n) is 3.39. The molecule has 1 saturated carbocycles. The highest BCUT2D eigenvalue weighted by atomic mass is 79.9. The summed E-state index contributed by atoms with van der Waals surface area (Å²) in [6.45, 7) is 4.34. The Morgan fingerprint density at radius 1 is 1.45 bits per heavy atom. The van der Waals surface area contributed by atoms with E-state index in [1.54, 1.807) is 6.07 Å². The monoisotopic (exact) mass is 339 g/mol. The highest BCUT2D eigenvalue weighted by molar-refractivity contribution is 9.10. The highest BCUT2D eigenvalue weighted by Crippen LogP contribution is 2.37. The number of carbonyl (C=O) groups is 2. The van der Waals surface area contributed by atoms with Crippen LogP contribution in [0.4, 0.5) is 0 Å². The Morgan fingerprint density at radius 2 is 2.15 bits per heavy atom. The average Bonchev–Trinajstić information content (AvgIpc) is 3.10. The van der Waals surface area contributed by atoms with Gasteiger partial charge in [-0.15, -0.1) is 0 Å². The Kier molecular flexibility index (Phi) is 4.81. The van der Waals surface area contributed by atoms with Gasteiger partial charge in [-0.25, -0.2) is 0 Å². The first-order valence-electron chi connectivity index (χ1n) is 6.72. The molecule has 1 aliphatic rings. The van der Waals surface area contributed by atoms with Crippen LogP contribution in [-0.4, -0.2) is 18.4 Å². The molecule has 5 heteroatoms. The van der Waals surface area contributed by atoms with Crippen LogP contribution in [0.3, 0.4) is 0 Å². The molecule has 0 aromatic heterocycles. The molecule has 0 radical (unpaired) electrons. The lowest BCUT2D eigenvalue weighted by Gasteiger charge is -2.08. The van der Waals surface area contributed by atoms with Crippen LogP contribution >= 0.6 is 15.9 Å². The largest absolute Gasteiger partial charge is 0.425 e. The molecule has 0 bridgehead atoms. The fourth-order valence-corrected chi connectivity index (χ4v) is 2.54. The van der Waals surface area contributed by atoms with Gasteiger partial charge in [-0.05, 0) is 52.9 Å². The number of nitrogens with one attached hydrogen (secondary N) is 1. The summed E-state index contributed by atoms with van der Waals surface area (Å²) in [6.07, 6.45) is 1.12. The summed E-state index contributed by atoms with van der Waals surface area (Å²) >= 11 is 3.35. The number of hydrogen-bond donors (Lipinski definition) is 1. The predicted octanol–water partition coefficient (Wildman–Crippen LogP) is 2.83. The second kappa shape index (κ2) is 6.39. The van der Waals surface area contributed by atoms with Crippen LogP contribution in [0.2, 0.25) is 0 Å². The van der Waals surface area contributed by atoms with Gasteiger partial charge in [0.2, 0.25) is 5.91 Å². The van der Waals surface area contributed by atoms with Crippen molar-refractivity contribution in [3.8, 4) is 5.75 Å². The number of amides is 1. The number of halogens is 1. The zero-order chi connectivity index (χ0) is 14.7. The van der Waals surface area contributed by atoms with Crippen LogP contribution < -0.4 is 10.1 Å². The molecule has 20 heavy (non-hydrogen) atoms. The molecule has 0 heterocycles. The first kappa shape index (κ1) is 15.0. The SMILES string of the molecule is Cc1ccc(OC(=O)CCNC(=O)[C@@H]2C[C@H]2C)c(Br)c1. The summed E-state index contributed by atoms with van der Waals surface area (Å²) < 4.78 is 5.99. The molecule has 2 rings (SSSR count). The molecule has 0 unspecified atom stereocenters. The van der Waals surface area contributed by atoms with Gasteiger partial charge in [0, 0.05) is 12.5 Å². The second-order valence-electron chi connectivity index (χ2n) is 5.27. The van der Waals surface area contributed by atoms with Crippen LogP contribution in [0.15, 0.2) is 22.7 Å². The van der Waals surface area contributed by atoms with Crippen LogP contribution in [0.1, 0.15) is 25.3 Å². The fraction of sp³-hybridized carbons (Fsp3) is 0.467. The highest BCUT2D eigenvalue weighted by Gasteiger charge is 2.38. The van der Waals surface area contributed by atoms with E-state index in [2.05, 4.69) is 21.2 Å². The van der Waals surface area contributed by atoms with Crippen LogP contribution in [0.25, 0.3) is 0 Å². The smallest absolute Gasteiger partial charge is 0.313 e. The Morgan fingerprint density at radius 3 is 2.75 bits per heavy atom. The molecule has 0 spiro atoms. The zero-order valence-corrected chi connectivity index (χ0v) is 13.2. The molecule has 1 aliphatic carbocycles. The summed E-state index contributed by atoms with van der Waals surface area (Å²) in [4.78, 5) is 23.3. The number of hydrogen-bond acceptors (Lipinski definition) is 3. The molecule has 1 aromatic carbocycles. The quantitative estimate of drug-likeness (QED) is 0.662. The summed E-state index contributed by atoms with van der Waals surface area (Å²) in [5.74, 6) is 0.811. The lowest BCUT2D eigenvalue weighted by Crippen LogP contribution is -2.28. The molecular formula is C15H18BrNO3. The molecular weight excluding hydrogens is 322 g/mol. The van der Waals surface area contributed by atoms with Gasteiger partial charge in [0.25, 0.3) is 0 Å². The number of benzene rings is 1. The average molecular weight is 340 g/mol. The van der Waals surface area contributed by atoms with E-state index in [1.165, 1.54) is 0 Å². The minimum absolute atomic E-state index is 0.0433. The molecule has 0 aliphatic heterocycles. The van der Waals surface area contributed by atoms with E-state index >= 15 is 0 Å². The van der Waals surface area contributed by atoms with Gasteiger partial charge in [-0.2, -0.15) is 0 Å². The lowest BCUT2D eigenvalue weighted by atomic mass is 10.2. The summed E-state index contributed by atoms with van der Waals surface area (Å²) in [6, 6.07) is 5.52. The van der Waals surface area contributed by atoms with Crippen molar-refractivity contribution in [3.05, 3.63) is 28.2 Å².